The smallest absolute Gasteiger partial charge is 0.335 e. The number of benzene rings is 2. The lowest BCUT2D eigenvalue weighted by Crippen LogP contribution is -2.05. The molecule has 0 spiro atoms. The first-order valence-electron chi connectivity index (χ1n) is 11.1. The molecule has 174 valence electrons. The number of hydrogen-bond donors (Lipinski definition) is 2. The first-order valence-corrected chi connectivity index (χ1v) is 11.1. The van der Waals surface area contributed by atoms with Crippen molar-refractivity contribution in [3.05, 3.63) is 89.0 Å². The highest BCUT2D eigenvalue weighted by Gasteiger charge is 2.14. The lowest BCUT2D eigenvalue weighted by atomic mass is 9.98. The van der Waals surface area contributed by atoms with Gasteiger partial charge in [0.1, 0.15) is 11.4 Å². The Labute approximate surface area is 200 Å². The molecule has 8 nitrogen and oxygen atoms in total. The molecular weight excluding hydrogens is 444 g/mol. The fourth-order valence-corrected chi connectivity index (χ4v) is 4.01. The lowest BCUT2D eigenvalue weighted by molar-refractivity contribution is 0.0696. The molecular formula is C27H22N4O4. The van der Waals surface area contributed by atoms with Crippen LogP contribution in [0, 0.1) is 13.8 Å². The Kier molecular flexibility index (Phi) is 5.70. The van der Waals surface area contributed by atoms with Crippen LogP contribution in [0.25, 0.3) is 33.6 Å². The lowest BCUT2D eigenvalue weighted by Gasteiger charge is -2.09. The Morgan fingerprint density at radius 2 is 1.83 bits per heavy atom. The van der Waals surface area contributed by atoms with Crippen LogP contribution in [-0.2, 0) is 6.42 Å². The number of H-pyrrole nitrogens is 1. The largest absolute Gasteiger partial charge is 0.478 e. The summed E-state index contributed by atoms with van der Waals surface area (Å²) in [5, 5.41) is 13.9. The Balaban J connectivity index is 1.37. The maximum atomic E-state index is 12.9. The number of pyridine rings is 1. The van der Waals surface area contributed by atoms with Crippen LogP contribution in [0.5, 0.6) is 0 Å². The predicted octanol–water partition coefficient (Wildman–Crippen LogP) is 5.41. The van der Waals surface area contributed by atoms with Crippen molar-refractivity contribution < 1.29 is 19.2 Å². The third kappa shape index (κ3) is 4.59. The van der Waals surface area contributed by atoms with E-state index in [1.165, 1.54) is 0 Å². The molecule has 2 N–H and O–H groups in total. The van der Waals surface area contributed by atoms with Gasteiger partial charge in [0, 0.05) is 23.5 Å². The SMILES string of the molecule is Cc1noc(-c2cc3cc(-c4cc(C(=O)CCc5ccc(C(=O)O)cc5)ncc4C)ccc3[nH]2)n1. The summed E-state index contributed by atoms with van der Waals surface area (Å²) in [6, 6.07) is 16.4. The van der Waals surface area contributed by atoms with E-state index in [0.717, 1.165) is 38.9 Å². The van der Waals surface area contributed by atoms with Crippen LogP contribution in [0.3, 0.4) is 0 Å². The molecule has 0 unspecified atom stereocenters. The second-order valence-corrected chi connectivity index (χ2v) is 8.44. The van der Waals surface area contributed by atoms with Gasteiger partial charge in [-0.2, -0.15) is 4.98 Å². The molecule has 0 fully saturated rings. The van der Waals surface area contributed by atoms with Crippen LogP contribution >= 0.6 is 0 Å². The van der Waals surface area contributed by atoms with E-state index in [2.05, 4.69) is 26.2 Å². The summed E-state index contributed by atoms with van der Waals surface area (Å²) in [5.74, 6) is -0.0276. The van der Waals surface area contributed by atoms with E-state index in [1.807, 2.05) is 31.2 Å². The summed E-state index contributed by atoms with van der Waals surface area (Å²) in [6.07, 6.45) is 2.51. The summed E-state index contributed by atoms with van der Waals surface area (Å²) in [6.45, 7) is 3.74. The fraction of sp³-hybridized carbons (Fsp3) is 0.148. The number of carbonyl (C=O) groups excluding carboxylic acids is 1. The number of Topliss-reactive ketones (excluding diaryl/α,β-unsaturated/α-hetero) is 1. The summed E-state index contributed by atoms with van der Waals surface area (Å²) >= 11 is 0. The van der Waals surface area contributed by atoms with Gasteiger partial charge in [-0.1, -0.05) is 23.4 Å². The van der Waals surface area contributed by atoms with Crippen molar-refractivity contribution in [3.8, 4) is 22.7 Å². The fourth-order valence-electron chi connectivity index (χ4n) is 4.01. The van der Waals surface area contributed by atoms with Gasteiger partial charge >= 0.3 is 5.97 Å². The molecule has 0 saturated carbocycles. The molecule has 5 aromatic rings. The molecule has 0 bridgehead atoms. The van der Waals surface area contributed by atoms with Crippen LogP contribution < -0.4 is 0 Å². The van der Waals surface area contributed by atoms with E-state index >= 15 is 0 Å². The van der Waals surface area contributed by atoms with Crippen molar-refractivity contribution in [2.24, 2.45) is 0 Å². The standard InChI is InChI=1S/C27H22N4O4/c1-15-14-28-23(25(32)10-5-17-3-6-18(7-4-17)27(33)34)13-21(15)19-8-9-22-20(11-19)12-24(30-22)26-29-16(2)31-35-26/h3-4,6-9,11-14,30H,5,10H2,1-2H3,(H,33,34). The van der Waals surface area contributed by atoms with E-state index in [0.29, 0.717) is 23.8 Å². The van der Waals surface area contributed by atoms with E-state index < -0.39 is 5.97 Å². The highest BCUT2D eigenvalue weighted by atomic mass is 16.5. The van der Waals surface area contributed by atoms with Gasteiger partial charge in [-0.3, -0.25) is 9.78 Å². The maximum Gasteiger partial charge on any atom is 0.335 e. The number of aromatic nitrogens is 4. The molecule has 2 aromatic carbocycles. The second kappa shape index (κ2) is 8.98. The van der Waals surface area contributed by atoms with E-state index in [-0.39, 0.29) is 17.8 Å². The van der Waals surface area contributed by atoms with Crippen LogP contribution in [0.2, 0.25) is 0 Å². The van der Waals surface area contributed by atoms with E-state index in [9.17, 15) is 9.59 Å². The monoisotopic (exact) mass is 466 g/mol. The summed E-state index contributed by atoms with van der Waals surface area (Å²) in [4.78, 5) is 35.8. The zero-order chi connectivity index (χ0) is 24.5. The van der Waals surface area contributed by atoms with Gasteiger partial charge in [-0.25, -0.2) is 4.79 Å². The average molecular weight is 466 g/mol. The van der Waals surface area contributed by atoms with Crippen molar-refractivity contribution >= 4 is 22.7 Å². The number of aromatic carboxylic acids is 1. The van der Waals surface area contributed by atoms with Crippen LogP contribution in [0.1, 0.15) is 44.2 Å². The number of hydrogen-bond acceptors (Lipinski definition) is 6. The molecule has 8 heteroatoms. The van der Waals surface area contributed by atoms with Gasteiger partial charge in [0.25, 0.3) is 5.89 Å². The molecule has 0 aliphatic heterocycles. The van der Waals surface area contributed by atoms with Gasteiger partial charge in [-0.15, -0.1) is 0 Å². The molecule has 0 amide bonds. The highest BCUT2D eigenvalue weighted by Crippen LogP contribution is 2.30. The van der Waals surface area contributed by atoms with Crippen LogP contribution in [-0.4, -0.2) is 37.0 Å². The van der Waals surface area contributed by atoms with Gasteiger partial charge in [0.15, 0.2) is 11.6 Å². The topological polar surface area (TPSA) is 122 Å². The third-order valence-corrected chi connectivity index (χ3v) is 5.92. The number of nitrogens with one attached hydrogen (secondary N) is 1. The number of nitrogens with zero attached hydrogens (tertiary/aromatic N) is 3. The number of carboxylic acid groups (broad SMARTS) is 1. The van der Waals surface area contributed by atoms with Crippen molar-refractivity contribution in [2.75, 3.05) is 0 Å². The van der Waals surface area contributed by atoms with Crippen molar-refractivity contribution in [2.45, 2.75) is 26.7 Å². The zero-order valence-corrected chi connectivity index (χ0v) is 19.2. The van der Waals surface area contributed by atoms with Gasteiger partial charge in [0.2, 0.25) is 0 Å². The maximum absolute atomic E-state index is 12.9. The summed E-state index contributed by atoms with van der Waals surface area (Å²) in [5.41, 5.74) is 6.10. The normalized spacial score (nSPS) is 11.1. The van der Waals surface area contributed by atoms with Gasteiger partial charge in [-0.05, 0) is 78.9 Å². The Morgan fingerprint density at radius 3 is 2.54 bits per heavy atom. The predicted molar refractivity (Wildman–Crippen MR) is 130 cm³/mol. The molecule has 5 rings (SSSR count). The number of carboxylic acids is 1. The Hall–Kier alpha value is -4.59. The molecule has 0 aliphatic carbocycles. The molecule has 35 heavy (non-hydrogen) atoms. The quantitative estimate of drug-likeness (QED) is 0.308. The minimum Gasteiger partial charge on any atom is -0.478 e. The number of ketones is 1. The van der Waals surface area contributed by atoms with Crippen molar-refractivity contribution in [1.82, 2.24) is 20.1 Å². The van der Waals surface area contributed by atoms with Crippen molar-refractivity contribution in [3.63, 3.8) is 0 Å². The first kappa shape index (κ1) is 22.2. The summed E-state index contributed by atoms with van der Waals surface area (Å²) in [7, 11) is 0. The number of fused-ring (bicyclic) bond motifs is 1. The first-order chi connectivity index (χ1) is 16.9. The number of aromatic amines is 1. The Morgan fingerprint density at radius 1 is 1.03 bits per heavy atom. The van der Waals surface area contributed by atoms with Crippen LogP contribution in [0.15, 0.2) is 65.3 Å². The Bertz CT molecular complexity index is 1560. The number of carbonyl (C=O) groups is 2. The minimum absolute atomic E-state index is 0.0645. The van der Waals surface area contributed by atoms with Gasteiger partial charge in [0.05, 0.1) is 5.56 Å². The third-order valence-electron chi connectivity index (χ3n) is 5.92. The molecule has 0 radical (unpaired) electrons. The number of rotatable bonds is 7. The highest BCUT2D eigenvalue weighted by molar-refractivity contribution is 5.96. The number of aryl methyl sites for hydroxylation is 3. The molecule has 3 heterocycles. The molecule has 0 aliphatic rings. The van der Waals surface area contributed by atoms with Crippen LogP contribution in [0.4, 0.5) is 0 Å². The van der Waals surface area contributed by atoms with E-state index in [4.69, 9.17) is 9.63 Å². The van der Waals surface area contributed by atoms with Crippen molar-refractivity contribution in [1.29, 1.82) is 0 Å². The van der Waals surface area contributed by atoms with E-state index in [1.54, 1.807) is 37.4 Å². The molecule has 0 atom stereocenters. The minimum atomic E-state index is -0.970. The van der Waals surface area contributed by atoms with Gasteiger partial charge < -0.3 is 14.6 Å². The molecule has 3 aromatic heterocycles. The zero-order valence-electron chi connectivity index (χ0n) is 19.2. The molecule has 0 saturated heterocycles. The average Bonchev–Trinajstić information content (AvgIpc) is 3.48. The second-order valence-electron chi connectivity index (χ2n) is 8.44. The summed E-state index contributed by atoms with van der Waals surface area (Å²) < 4.78 is 5.26.